The van der Waals surface area contributed by atoms with Crippen molar-refractivity contribution < 1.29 is 14.3 Å². The molecule has 1 rings (SSSR count). The maximum atomic E-state index is 11.3. The van der Waals surface area contributed by atoms with Crippen LogP contribution in [0, 0.1) is 0 Å². The summed E-state index contributed by atoms with van der Waals surface area (Å²) < 4.78 is 11.1. The molecule has 0 spiro atoms. The summed E-state index contributed by atoms with van der Waals surface area (Å²) in [6, 6.07) is 0.189. The number of rotatable bonds is 6. The average molecular weight is 244 g/mol. The quantitative estimate of drug-likeness (QED) is 0.660. The van der Waals surface area contributed by atoms with Crippen molar-refractivity contribution in [3.05, 3.63) is 0 Å². The number of ether oxygens (including phenoxy) is 2. The molecule has 0 aromatic rings. The molecular weight excluding hydrogens is 220 g/mol. The molecule has 2 N–H and O–H groups in total. The van der Waals surface area contributed by atoms with Crippen molar-refractivity contribution in [1.29, 1.82) is 0 Å². The molecule has 17 heavy (non-hydrogen) atoms. The fourth-order valence-corrected chi connectivity index (χ4v) is 1.74. The molecule has 1 fully saturated rings. The second kappa shape index (κ2) is 7.63. The Morgan fingerprint density at radius 1 is 1.53 bits per heavy atom. The lowest BCUT2D eigenvalue weighted by molar-refractivity contribution is -0.123. The second-order valence-electron chi connectivity index (χ2n) is 4.77. The Kier molecular flexibility index (Phi) is 6.47. The van der Waals surface area contributed by atoms with Gasteiger partial charge in [0, 0.05) is 25.6 Å². The van der Waals surface area contributed by atoms with E-state index in [0.29, 0.717) is 19.6 Å². The zero-order chi connectivity index (χ0) is 12.7. The number of carbonyl (C=O) groups is 1. The van der Waals surface area contributed by atoms with Gasteiger partial charge in [0.25, 0.3) is 0 Å². The standard InChI is InChI=1S/C12H24N2O3/c1-9(2)14-12(15)4-5-16-8-11-7-13-6-10(3)17-11/h9-11,13H,4-8H2,1-3H3,(H,14,15). The predicted molar refractivity (Wildman–Crippen MR) is 65.9 cm³/mol. The number of carbonyl (C=O) groups excluding carboxylic acids is 1. The van der Waals surface area contributed by atoms with E-state index in [0.717, 1.165) is 13.1 Å². The van der Waals surface area contributed by atoms with E-state index < -0.39 is 0 Å². The molecule has 0 saturated carbocycles. The van der Waals surface area contributed by atoms with Crippen LogP contribution in [-0.4, -0.2) is 50.5 Å². The first kappa shape index (κ1) is 14.4. The van der Waals surface area contributed by atoms with E-state index in [-0.39, 0.29) is 24.2 Å². The SMILES string of the molecule is CC(C)NC(=O)CCOCC1CNCC(C)O1. The van der Waals surface area contributed by atoms with Crippen LogP contribution in [0.5, 0.6) is 0 Å². The molecule has 100 valence electrons. The molecule has 2 atom stereocenters. The third-order valence-corrected chi connectivity index (χ3v) is 2.46. The van der Waals surface area contributed by atoms with Crippen molar-refractivity contribution in [2.24, 2.45) is 0 Å². The Morgan fingerprint density at radius 3 is 2.94 bits per heavy atom. The molecule has 0 aromatic carbocycles. The van der Waals surface area contributed by atoms with E-state index in [2.05, 4.69) is 10.6 Å². The molecule has 0 aliphatic carbocycles. The van der Waals surface area contributed by atoms with Crippen LogP contribution in [0.15, 0.2) is 0 Å². The van der Waals surface area contributed by atoms with Gasteiger partial charge in [0.05, 0.1) is 25.4 Å². The van der Waals surface area contributed by atoms with Crippen LogP contribution in [0.1, 0.15) is 27.2 Å². The Labute approximate surface area is 103 Å². The highest BCUT2D eigenvalue weighted by atomic mass is 16.5. The predicted octanol–water partition coefficient (Wildman–Crippen LogP) is 0.295. The van der Waals surface area contributed by atoms with Gasteiger partial charge in [-0.3, -0.25) is 4.79 Å². The number of morpholine rings is 1. The van der Waals surface area contributed by atoms with E-state index in [1.165, 1.54) is 0 Å². The van der Waals surface area contributed by atoms with Gasteiger partial charge in [-0.1, -0.05) is 0 Å². The fourth-order valence-electron chi connectivity index (χ4n) is 1.74. The summed E-state index contributed by atoms with van der Waals surface area (Å²) in [5.41, 5.74) is 0. The van der Waals surface area contributed by atoms with Gasteiger partial charge in [-0.15, -0.1) is 0 Å². The van der Waals surface area contributed by atoms with Crippen molar-refractivity contribution in [3.8, 4) is 0 Å². The summed E-state index contributed by atoms with van der Waals surface area (Å²) in [7, 11) is 0. The maximum absolute atomic E-state index is 11.3. The Hall–Kier alpha value is -0.650. The number of amides is 1. The van der Waals surface area contributed by atoms with Crippen LogP contribution in [0.2, 0.25) is 0 Å². The Balaban J connectivity index is 2.01. The highest BCUT2D eigenvalue weighted by molar-refractivity contribution is 5.76. The van der Waals surface area contributed by atoms with E-state index >= 15 is 0 Å². The van der Waals surface area contributed by atoms with Gasteiger partial charge in [-0.05, 0) is 20.8 Å². The summed E-state index contributed by atoms with van der Waals surface area (Å²) in [4.78, 5) is 11.3. The summed E-state index contributed by atoms with van der Waals surface area (Å²) in [5.74, 6) is 0.0380. The minimum Gasteiger partial charge on any atom is -0.378 e. The number of hydrogen-bond donors (Lipinski definition) is 2. The maximum Gasteiger partial charge on any atom is 0.222 e. The largest absolute Gasteiger partial charge is 0.378 e. The van der Waals surface area contributed by atoms with E-state index in [9.17, 15) is 4.79 Å². The van der Waals surface area contributed by atoms with Gasteiger partial charge in [-0.2, -0.15) is 0 Å². The molecule has 1 aliphatic rings. The third-order valence-electron chi connectivity index (χ3n) is 2.46. The minimum absolute atomic E-state index is 0.0380. The topological polar surface area (TPSA) is 59.6 Å². The lowest BCUT2D eigenvalue weighted by Gasteiger charge is -2.28. The Bertz CT molecular complexity index is 234. The summed E-state index contributed by atoms with van der Waals surface area (Å²) >= 11 is 0. The normalized spacial score (nSPS) is 24.9. The van der Waals surface area contributed by atoms with Crippen molar-refractivity contribution in [2.45, 2.75) is 45.4 Å². The summed E-state index contributed by atoms with van der Waals surface area (Å²) in [6.07, 6.45) is 0.752. The van der Waals surface area contributed by atoms with Crippen LogP contribution >= 0.6 is 0 Å². The van der Waals surface area contributed by atoms with Gasteiger partial charge in [0.1, 0.15) is 0 Å². The molecule has 1 saturated heterocycles. The molecular formula is C12H24N2O3. The van der Waals surface area contributed by atoms with Gasteiger partial charge in [0.15, 0.2) is 0 Å². The second-order valence-corrected chi connectivity index (χ2v) is 4.77. The van der Waals surface area contributed by atoms with Crippen molar-refractivity contribution in [1.82, 2.24) is 10.6 Å². The monoisotopic (exact) mass is 244 g/mol. The minimum atomic E-state index is 0.0380. The number of hydrogen-bond acceptors (Lipinski definition) is 4. The number of nitrogens with one attached hydrogen (secondary N) is 2. The molecule has 1 heterocycles. The molecule has 5 heteroatoms. The van der Waals surface area contributed by atoms with Crippen LogP contribution in [0.4, 0.5) is 0 Å². The van der Waals surface area contributed by atoms with Gasteiger partial charge < -0.3 is 20.1 Å². The van der Waals surface area contributed by atoms with Crippen molar-refractivity contribution in [2.75, 3.05) is 26.3 Å². The van der Waals surface area contributed by atoms with Gasteiger partial charge >= 0.3 is 0 Å². The van der Waals surface area contributed by atoms with Crippen LogP contribution in [-0.2, 0) is 14.3 Å². The van der Waals surface area contributed by atoms with E-state index in [4.69, 9.17) is 9.47 Å². The summed E-state index contributed by atoms with van der Waals surface area (Å²) in [5, 5.41) is 6.10. The highest BCUT2D eigenvalue weighted by Gasteiger charge is 2.18. The lowest BCUT2D eigenvalue weighted by atomic mass is 10.2. The van der Waals surface area contributed by atoms with Gasteiger partial charge in [0.2, 0.25) is 5.91 Å². The molecule has 2 unspecified atom stereocenters. The van der Waals surface area contributed by atoms with Crippen molar-refractivity contribution >= 4 is 5.91 Å². The molecule has 1 aliphatic heterocycles. The van der Waals surface area contributed by atoms with E-state index in [1.807, 2.05) is 20.8 Å². The third kappa shape index (κ3) is 6.61. The zero-order valence-electron chi connectivity index (χ0n) is 11.0. The molecule has 5 nitrogen and oxygen atoms in total. The average Bonchev–Trinajstić information content (AvgIpc) is 2.23. The van der Waals surface area contributed by atoms with E-state index in [1.54, 1.807) is 0 Å². The summed E-state index contributed by atoms with van der Waals surface area (Å²) in [6.45, 7) is 8.65. The van der Waals surface area contributed by atoms with Crippen LogP contribution in [0.3, 0.4) is 0 Å². The van der Waals surface area contributed by atoms with Gasteiger partial charge in [-0.25, -0.2) is 0 Å². The first-order valence-corrected chi connectivity index (χ1v) is 6.31. The van der Waals surface area contributed by atoms with Crippen molar-refractivity contribution in [3.63, 3.8) is 0 Å². The molecule has 0 bridgehead atoms. The van der Waals surface area contributed by atoms with Crippen LogP contribution in [0.25, 0.3) is 0 Å². The van der Waals surface area contributed by atoms with Crippen LogP contribution < -0.4 is 10.6 Å². The fraction of sp³-hybridized carbons (Fsp3) is 0.917. The first-order chi connectivity index (χ1) is 8.08. The Morgan fingerprint density at radius 2 is 2.29 bits per heavy atom. The molecule has 1 amide bonds. The first-order valence-electron chi connectivity index (χ1n) is 6.31. The molecule has 0 radical (unpaired) electrons. The molecule has 0 aromatic heterocycles. The highest BCUT2D eigenvalue weighted by Crippen LogP contribution is 2.03. The zero-order valence-corrected chi connectivity index (χ0v) is 11.0. The lowest BCUT2D eigenvalue weighted by Crippen LogP contribution is -2.45. The smallest absolute Gasteiger partial charge is 0.222 e.